The van der Waals surface area contributed by atoms with Crippen LogP contribution in [0.5, 0.6) is 0 Å². The molecule has 0 N–H and O–H groups in total. The number of carbonyl (C=O) groups is 3. The Kier molecular flexibility index (Phi) is 4.00. The van der Waals surface area contributed by atoms with E-state index in [1.807, 2.05) is 4.90 Å². The van der Waals surface area contributed by atoms with Crippen LogP contribution in [0.2, 0.25) is 0 Å². The highest BCUT2D eigenvalue weighted by atomic mass is 16.2. The number of fused-ring (bicyclic) bond motifs is 1. The molecular weight excluding hydrogens is 268 g/mol. The molecule has 3 amide bonds. The summed E-state index contributed by atoms with van der Waals surface area (Å²) >= 11 is 0. The Morgan fingerprint density at radius 1 is 1.05 bits per heavy atom. The van der Waals surface area contributed by atoms with E-state index in [4.69, 9.17) is 0 Å². The summed E-state index contributed by atoms with van der Waals surface area (Å²) in [6, 6.07) is 0.296. The van der Waals surface area contributed by atoms with Gasteiger partial charge < -0.3 is 4.90 Å². The monoisotopic (exact) mass is 292 g/mol. The van der Waals surface area contributed by atoms with Crippen molar-refractivity contribution in [2.45, 2.75) is 57.9 Å². The summed E-state index contributed by atoms with van der Waals surface area (Å²) in [5, 5.41) is 0. The predicted octanol–water partition coefficient (Wildman–Crippen LogP) is 1.56. The normalized spacial score (nSPS) is 32.7. The lowest BCUT2D eigenvalue weighted by molar-refractivity contribution is -0.140. The zero-order valence-corrected chi connectivity index (χ0v) is 12.7. The average molecular weight is 292 g/mol. The van der Waals surface area contributed by atoms with Crippen LogP contribution < -0.4 is 0 Å². The zero-order chi connectivity index (χ0) is 15.0. The fourth-order valence-electron chi connectivity index (χ4n) is 4.11. The van der Waals surface area contributed by atoms with E-state index in [0.29, 0.717) is 6.04 Å². The van der Waals surface area contributed by atoms with E-state index in [1.54, 1.807) is 0 Å². The van der Waals surface area contributed by atoms with Crippen LogP contribution in [0.1, 0.15) is 51.9 Å². The molecule has 0 unspecified atom stereocenters. The topological polar surface area (TPSA) is 57.7 Å². The first-order chi connectivity index (χ1) is 10.1. The van der Waals surface area contributed by atoms with Gasteiger partial charge in [0.15, 0.2) is 0 Å². The smallest absolute Gasteiger partial charge is 0.233 e. The number of amides is 3. The van der Waals surface area contributed by atoms with Gasteiger partial charge in [-0.05, 0) is 32.6 Å². The van der Waals surface area contributed by atoms with Gasteiger partial charge in [-0.15, -0.1) is 0 Å². The summed E-state index contributed by atoms with van der Waals surface area (Å²) in [5.41, 5.74) is 0. The molecule has 3 aliphatic rings. The van der Waals surface area contributed by atoms with E-state index < -0.39 is 0 Å². The Hall–Kier alpha value is -1.39. The zero-order valence-electron chi connectivity index (χ0n) is 12.7. The minimum absolute atomic E-state index is 0.0352. The van der Waals surface area contributed by atoms with Crippen molar-refractivity contribution >= 4 is 17.7 Å². The Labute approximate surface area is 125 Å². The van der Waals surface area contributed by atoms with E-state index in [0.717, 1.165) is 45.1 Å². The molecule has 2 heterocycles. The molecule has 0 radical (unpaired) electrons. The number of nitrogens with zero attached hydrogens (tertiary/aromatic N) is 2. The average Bonchev–Trinajstić information content (AvgIpc) is 3.01. The lowest BCUT2D eigenvalue weighted by atomic mass is 9.81. The molecule has 0 bridgehead atoms. The summed E-state index contributed by atoms with van der Waals surface area (Å²) in [4.78, 5) is 40.1. The van der Waals surface area contributed by atoms with E-state index in [9.17, 15) is 14.4 Å². The molecule has 116 valence electrons. The fraction of sp³-hybridized carbons (Fsp3) is 0.812. The standard InChI is InChI=1S/C16H24N2O3/c1-11-5-4-9-17(11)14(19)8-10-18-15(20)12-6-2-3-7-13(12)16(18)21/h11-13H,2-10H2,1H3/t11-,12-,13+/m0/s1. The molecule has 21 heavy (non-hydrogen) atoms. The van der Waals surface area contributed by atoms with E-state index in [1.165, 1.54) is 4.90 Å². The van der Waals surface area contributed by atoms with Gasteiger partial charge in [-0.3, -0.25) is 19.3 Å². The maximum Gasteiger partial charge on any atom is 0.233 e. The number of likely N-dealkylation sites (tertiary alicyclic amines) is 2. The molecule has 0 spiro atoms. The summed E-state index contributed by atoms with van der Waals surface area (Å²) in [5.74, 6) is -0.200. The molecule has 3 fully saturated rings. The second kappa shape index (κ2) is 5.78. The van der Waals surface area contributed by atoms with Crippen molar-refractivity contribution < 1.29 is 14.4 Å². The van der Waals surface area contributed by atoms with Gasteiger partial charge in [0.2, 0.25) is 17.7 Å². The van der Waals surface area contributed by atoms with Crippen LogP contribution in [-0.4, -0.2) is 46.7 Å². The van der Waals surface area contributed by atoms with Crippen LogP contribution >= 0.6 is 0 Å². The summed E-state index contributed by atoms with van der Waals surface area (Å²) in [6.07, 6.45) is 6.14. The summed E-state index contributed by atoms with van der Waals surface area (Å²) in [6.45, 7) is 3.14. The van der Waals surface area contributed by atoms with Gasteiger partial charge in [0.25, 0.3) is 0 Å². The summed E-state index contributed by atoms with van der Waals surface area (Å²) < 4.78 is 0. The molecule has 3 rings (SSSR count). The van der Waals surface area contributed by atoms with Crippen molar-refractivity contribution in [3.8, 4) is 0 Å². The molecule has 0 aromatic carbocycles. The predicted molar refractivity (Wildman–Crippen MR) is 77.2 cm³/mol. The number of hydrogen-bond acceptors (Lipinski definition) is 3. The third-order valence-electron chi connectivity index (χ3n) is 5.36. The Morgan fingerprint density at radius 2 is 1.67 bits per heavy atom. The van der Waals surface area contributed by atoms with Gasteiger partial charge in [-0.25, -0.2) is 0 Å². The maximum atomic E-state index is 12.3. The molecule has 0 aromatic rings. The first-order valence-corrected chi connectivity index (χ1v) is 8.24. The minimum atomic E-state index is -0.105. The van der Waals surface area contributed by atoms with Crippen LogP contribution in [0.3, 0.4) is 0 Å². The number of hydrogen-bond donors (Lipinski definition) is 0. The van der Waals surface area contributed by atoms with Gasteiger partial charge in [0.05, 0.1) is 11.8 Å². The van der Waals surface area contributed by atoms with Crippen LogP contribution in [0.15, 0.2) is 0 Å². The molecule has 2 saturated heterocycles. The second-order valence-corrected chi connectivity index (χ2v) is 6.65. The van der Waals surface area contributed by atoms with Crippen LogP contribution in [0.25, 0.3) is 0 Å². The largest absolute Gasteiger partial charge is 0.340 e. The fourth-order valence-corrected chi connectivity index (χ4v) is 4.11. The van der Waals surface area contributed by atoms with Gasteiger partial charge in [-0.2, -0.15) is 0 Å². The van der Waals surface area contributed by atoms with Gasteiger partial charge in [-0.1, -0.05) is 12.8 Å². The Morgan fingerprint density at radius 3 is 2.19 bits per heavy atom. The highest BCUT2D eigenvalue weighted by molar-refractivity contribution is 6.05. The molecule has 1 saturated carbocycles. The first-order valence-electron chi connectivity index (χ1n) is 8.24. The minimum Gasteiger partial charge on any atom is -0.340 e. The van der Waals surface area contributed by atoms with Gasteiger partial charge in [0.1, 0.15) is 0 Å². The van der Waals surface area contributed by atoms with Gasteiger partial charge in [0, 0.05) is 25.6 Å². The quantitative estimate of drug-likeness (QED) is 0.742. The molecule has 3 atom stereocenters. The Balaban J connectivity index is 1.59. The maximum absolute atomic E-state index is 12.3. The summed E-state index contributed by atoms with van der Waals surface area (Å²) in [7, 11) is 0. The molecule has 1 aliphatic carbocycles. The number of imide groups is 1. The van der Waals surface area contributed by atoms with E-state index in [-0.39, 0.29) is 42.5 Å². The third-order valence-corrected chi connectivity index (χ3v) is 5.36. The highest BCUT2D eigenvalue weighted by Gasteiger charge is 2.47. The van der Waals surface area contributed by atoms with Crippen molar-refractivity contribution in [2.75, 3.05) is 13.1 Å². The van der Waals surface area contributed by atoms with Crippen LogP contribution in [0.4, 0.5) is 0 Å². The van der Waals surface area contributed by atoms with Crippen molar-refractivity contribution in [3.05, 3.63) is 0 Å². The van der Waals surface area contributed by atoms with Crippen molar-refractivity contribution in [3.63, 3.8) is 0 Å². The number of rotatable bonds is 3. The Bertz CT molecular complexity index is 438. The van der Waals surface area contributed by atoms with Gasteiger partial charge >= 0.3 is 0 Å². The van der Waals surface area contributed by atoms with E-state index >= 15 is 0 Å². The third kappa shape index (κ3) is 2.58. The lowest BCUT2D eigenvalue weighted by Crippen LogP contribution is -2.38. The van der Waals surface area contributed by atoms with Crippen molar-refractivity contribution in [1.29, 1.82) is 0 Å². The lowest BCUT2D eigenvalue weighted by Gasteiger charge is -2.22. The number of carbonyl (C=O) groups excluding carboxylic acids is 3. The van der Waals surface area contributed by atoms with Crippen molar-refractivity contribution in [1.82, 2.24) is 9.80 Å². The molecular formula is C16H24N2O3. The molecule has 0 aromatic heterocycles. The van der Waals surface area contributed by atoms with Crippen LogP contribution in [-0.2, 0) is 14.4 Å². The molecule has 5 heteroatoms. The second-order valence-electron chi connectivity index (χ2n) is 6.65. The first kappa shape index (κ1) is 14.5. The molecule has 5 nitrogen and oxygen atoms in total. The van der Waals surface area contributed by atoms with E-state index in [2.05, 4.69) is 6.92 Å². The highest BCUT2D eigenvalue weighted by Crippen LogP contribution is 2.38. The SMILES string of the molecule is C[C@H]1CCCN1C(=O)CCN1C(=O)[C@H]2CCCC[C@H]2C1=O. The van der Waals surface area contributed by atoms with Crippen LogP contribution in [0, 0.1) is 11.8 Å². The van der Waals surface area contributed by atoms with Crippen molar-refractivity contribution in [2.24, 2.45) is 11.8 Å². The molecule has 2 aliphatic heterocycles.